The van der Waals surface area contributed by atoms with Gasteiger partial charge in [-0.3, -0.25) is 4.40 Å². The van der Waals surface area contributed by atoms with Gasteiger partial charge in [-0.25, -0.2) is 9.78 Å². The maximum absolute atomic E-state index is 12.2. The van der Waals surface area contributed by atoms with E-state index in [9.17, 15) is 4.79 Å². The Bertz CT molecular complexity index is 935. The van der Waals surface area contributed by atoms with Gasteiger partial charge in [-0.2, -0.15) is 0 Å². The lowest BCUT2D eigenvalue weighted by molar-refractivity contribution is 0.0521. The molecule has 0 fully saturated rings. The number of halogens is 1. The van der Waals surface area contributed by atoms with Gasteiger partial charge >= 0.3 is 5.97 Å². The van der Waals surface area contributed by atoms with Crippen molar-refractivity contribution in [3.8, 4) is 5.75 Å². The smallest absolute Gasteiger partial charge is 0.360 e. The lowest BCUT2D eigenvalue weighted by atomic mass is 10.3. The van der Waals surface area contributed by atoms with Crippen LogP contribution in [0.1, 0.15) is 17.4 Å². The molecular formula is C17H15ClN4O3. The highest BCUT2D eigenvalue weighted by Gasteiger charge is 2.20. The summed E-state index contributed by atoms with van der Waals surface area (Å²) in [7, 11) is 1.59. The Morgan fingerprint density at radius 2 is 1.96 bits per heavy atom. The van der Waals surface area contributed by atoms with Gasteiger partial charge in [0.2, 0.25) is 0 Å². The number of fused-ring (bicyclic) bond motifs is 1. The molecular weight excluding hydrogens is 344 g/mol. The summed E-state index contributed by atoms with van der Waals surface area (Å²) in [5.41, 5.74) is 1.21. The zero-order chi connectivity index (χ0) is 17.8. The van der Waals surface area contributed by atoms with Crippen molar-refractivity contribution in [3.63, 3.8) is 0 Å². The number of hydrogen-bond donors (Lipinski definition) is 0. The van der Waals surface area contributed by atoms with Gasteiger partial charge in [-0.15, -0.1) is 10.2 Å². The van der Waals surface area contributed by atoms with Gasteiger partial charge in [-0.05, 0) is 43.3 Å². The Kier molecular flexibility index (Phi) is 4.95. The number of carbonyl (C=O) groups is 1. The third kappa shape index (κ3) is 3.61. The Labute approximate surface area is 148 Å². The van der Waals surface area contributed by atoms with E-state index in [0.717, 1.165) is 0 Å². The SMILES string of the molecule is CCOC(=O)c1nc2ccc(Cl)cn2c1N=Nc1ccc(OC)cc1. The third-order valence-electron chi connectivity index (χ3n) is 3.36. The second kappa shape index (κ2) is 7.31. The van der Waals surface area contributed by atoms with Crippen LogP contribution in [-0.2, 0) is 4.74 Å². The minimum Gasteiger partial charge on any atom is -0.497 e. The Balaban J connectivity index is 2.05. The van der Waals surface area contributed by atoms with Crippen LogP contribution in [0.15, 0.2) is 52.8 Å². The van der Waals surface area contributed by atoms with Crippen LogP contribution < -0.4 is 4.74 Å². The second-order valence-electron chi connectivity index (χ2n) is 4.98. The molecule has 7 nitrogen and oxygen atoms in total. The molecule has 0 N–H and O–H groups in total. The first-order valence-electron chi connectivity index (χ1n) is 7.53. The van der Waals surface area contributed by atoms with Crippen molar-refractivity contribution >= 4 is 34.7 Å². The van der Waals surface area contributed by atoms with Gasteiger partial charge in [0.15, 0.2) is 11.5 Å². The van der Waals surface area contributed by atoms with E-state index in [0.29, 0.717) is 22.1 Å². The maximum atomic E-state index is 12.2. The molecule has 128 valence electrons. The van der Waals surface area contributed by atoms with E-state index in [2.05, 4.69) is 15.2 Å². The lowest BCUT2D eigenvalue weighted by Crippen LogP contribution is -2.05. The number of ether oxygens (including phenoxy) is 2. The highest BCUT2D eigenvalue weighted by Crippen LogP contribution is 2.27. The van der Waals surface area contributed by atoms with Crippen molar-refractivity contribution in [2.24, 2.45) is 10.2 Å². The summed E-state index contributed by atoms with van der Waals surface area (Å²) in [5.74, 6) is 0.408. The molecule has 0 saturated carbocycles. The molecule has 0 amide bonds. The monoisotopic (exact) mass is 358 g/mol. The largest absolute Gasteiger partial charge is 0.497 e. The van der Waals surface area contributed by atoms with Gasteiger partial charge < -0.3 is 9.47 Å². The van der Waals surface area contributed by atoms with Crippen LogP contribution in [0, 0.1) is 0 Å². The third-order valence-corrected chi connectivity index (χ3v) is 3.58. The molecule has 3 aromatic rings. The van der Waals surface area contributed by atoms with Crippen LogP contribution in [0.4, 0.5) is 11.5 Å². The number of imidazole rings is 1. The minimum atomic E-state index is -0.564. The highest BCUT2D eigenvalue weighted by atomic mass is 35.5. The van der Waals surface area contributed by atoms with Gasteiger partial charge in [0.25, 0.3) is 0 Å². The van der Waals surface area contributed by atoms with Gasteiger partial charge in [0.1, 0.15) is 11.4 Å². The van der Waals surface area contributed by atoms with Gasteiger partial charge in [-0.1, -0.05) is 11.6 Å². The first-order valence-corrected chi connectivity index (χ1v) is 7.90. The summed E-state index contributed by atoms with van der Waals surface area (Å²) in [4.78, 5) is 16.4. The summed E-state index contributed by atoms with van der Waals surface area (Å²) in [6.07, 6.45) is 1.62. The predicted molar refractivity (Wildman–Crippen MR) is 93.3 cm³/mol. The highest BCUT2D eigenvalue weighted by molar-refractivity contribution is 6.30. The fraction of sp³-hybridized carbons (Fsp3) is 0.176. The predicted octanol–water partition coefficient (Wildman–Crippen LogP) is 4.59. The number of benzene rings is 1. The van der Waals surface area contributed by atoms with E-state index in [1.165, 1.54) is 0 Å². The average molecular weight is 359 g/mol. The number of aromatic nitrogens is 2. The molecule has 0 radical (unpaired) electrons. The van der Waals surface area contributed by atoms with Crippen molar-refractivity contribution in [1.29, 1.82) is 0 Å². The van der Waals surface area contributed by atoms with Crippen LogP contribution in [0.5, 0.6) is 5.75 Å². The zero-order valence-corrected chi connectivity index (χ0v) is 14.4. The van der Waals surface area contributed by atoms with E-state index in [1.54, 1.807) is 61.0 Å². The lowest BCUT2D eigenvalue weighted by Gasteiger charge is -2.01. The number of hydrogen-bond acceptors (Lipinski definition) is 6. The number of esters is 1. The van der Waals surface area contributed by atoms with Crippen LogP contribution in [0.2, 0.25) is 5.02 Å². The fourth-order valence-corrected chi connectivity index (χ4v) is 2.35. The topological polar surface area (TPSA) is 77.5 Å². The van der Waals surface area contributed by atoms with E-state index in [1.807, 2.05) is 0 Å². The van der Waals surface area contributed by atoms with E-state index in [-0.39, 0.29) is 18.1 Å². The number of carbonyl (C=O) groups excluding carboxylic acids is 1. The van der Waals surface area contributed by atoms with Crippen molar-refractivity contribution in [2.45, 2.75) is 6.92 Å². The van der Waals surface area contributed by atoms with Crippen LogP contribution in [0.25, 0.3) is 5.65 Å². The van der Waals surface area contributed by atoms with Crippen LogP contribution in [-0.4, -0.2) is 29.1 Å². The molecule has 8 heteroatoms. The van der Waals surface area contributed by atoms with E-state index >= 15 is 0 Å². The molecule has 0 atom stereocenters. The number of nitrogens with zero attached hydrogens (tertiary/aromatic N) is 4. The van der Waals surface area contributed by atoms with E-state index in [4.69, 9.17) is 21.1 Å². The standard InChI is InChI=1S/C17H15ClN4O3/c1-3-25-17(23)15-16(22-10-11(18)4-9-14(22)19-15)21-20-12-5-7-13(24-2)8-6-12/h4-10H,3H2,1-2H3. The van der Waals surface area contributed by atoms with Gasteiger partial charge in [0.05, 0.1) is 24.4 Å². The van der Waals surface area contributed by atoms with Crippen molar-refractivity contribution in [3.05, 3.63) is 53.3 Å². The summed E-state index contributed by atoms with van der Waals surface area (Å²) in [6.45, 7) is 1.96. The molecule has 1 aromatic carbocycles. The zero-order valence-electron chi connectivity index (χ0n) is 13.6. The summed E-state index contributed by atoms with van der Waals surface area (Å²) in [5, 5.41) is 8.84. The Hall–Kier alpha value is -2.93. The molecule has 0 bridgehead atoms. The Morgan fingerprint density at radius 1 is 1.20 bits per heavy atom. The summed E-state index contributed by atoms with van der Waals surface area (Å²) < 4.78 is 11.7. The molecule has 25 heavy (non-hydrogen) atoms. The van der Waals surface area contributed by atoms with Crippen molar-refractivity contribution in [2.75, 3.05) is 13.7 Å². The number of rotatable bonds is 5. The first-order chi connectivity index (χ1) is 12.1. The first kappa shape index (κ1) is 16.9. The second-order valence-corrected chi connectivity index (χ2v) is 5.41. The molecule has 3 rings (SSSR count). The normalized spacial score (nSPS) is 11.2. The van der Waals surface area contributed by atoms with Crippen molar-refractivity contribution < 1.29 is 14.3 Å². The number of azo groups is 1. The number of pyridine rings is 1. The molecule has 2 heterocycles. The molecule has 0 saturated heterocycles. The summed E-state index contributed by atoms with van der Waals surface area (Å²) in [6, 6.07) is 10.4. The van der Waals surface area contributed by atoms with Crippen LogP contribution in [0.3, 0.4) is 0 Å². The molecule has 0 aliphatic heterocycles. The molecule has 0 unspecified atom stereocenters. The number of methoxy groups -OCH3 is 1. The van der Waals surface area contributed by atoms with E-state index < -0.39 is 5.97 Å². The Morgan fingerprint density at radius 3 is 2.64 bits per heavy atom. The fourth-order valence-electron chi connectivity index (χ4n) is 2.19. The quantitative estimate of drug-likeness (QED) is 0.493. The average Bonchev–Trinajstić information content (AvgIpc) is 2.98. The molecule has 0 spiro atoms. The minimum absolute atomic E-state index is 0.0846. The maximum Gasteiger partial charge on any atom is 0.360 e. The molecule has 0 aliphatic rings. The van der Waals surface area contributed by atoms with Crippen LogP contribution >= 0.6 is 11.6 Å². The van der Waals surface area contributed by atoms with Gasteiger partial charge in [0, 0.05) is 6.20 Å². The molecule has 0 aliphatic carbocycles. The summed E-state index contributed by atoms with van der Waals surface area (Å²) >= 11 is 6.04. The van der Waals surface area contributed by atoms with Crippen molar-refractivity contribution in [1.82, 2.24) is 9.38 Å². The molecule has 2 aromatic heterocycles.